The maximum atomic E-state index is 12.6. The molecule has 0 atom stereocenters. The lowest BCUT2D eigenvalue weighted by atomic mass is 10.1. The van der Waals surface area contributed by atoms with Crippen molar-refractivity contribution in [1.82, 2.24) is 9.97 Å². The zero-order valence-electron chi connectivity index (χ0n) is 8.63. The van der Waals surface area contributed by atoms with Crippen molar-refractivity contribution in [1.29, 1.82) is 0 Å². The maximum absolute atomic E-state index is 12.6. The minimum atomic E-state index is -4.49. The number of rotatable bonds is 1. The summed E-state index contributed by atoms with van der Waals surface area (Å²) in [5, 5.41) is -0.152. The van der Waals surface area contributed by atoms with Crippen molar-refractivity contribution in [2.75, 3.05) is 7.11 Å². The Hall–Kier alpha value is -2.05. The van der Waals surface area contributed by atoms with E-state index in [2.05, 4.69) is 14.7 Å². The summed E-state index contributed by atoms with van der Waals surface area (Å²) in [5.74, 6) is -0.728. The van der Waals surface area contributed by atoms with Gasteiger partial charge in [0, 0.05) is 17.8 Å². The van der Waals surface area contributed by atoms with Crippen LogP contribution in [-0.4, -0.2) is 23.0 Å². The number of methoxy groups -OCH3 is 1. The number of carbonyl (C=O) groups is 1. The molecule has 0 radical (unpaired) electrons. The molecule has 0 saturated carbocycles. The largest absolute Gasteiger partial charge is 0.465 e. The summed E-state index contributed by atoms with van der Waals surface area (Å²) >= 11 is 0. The topological polar surface area (TPSA) is 55.0 Å². The van der Waals surface area contributed by atoms with E-state index in [-0.39, 0.29) is 16.6 Å². The highest BCUT2D eigenvalue weighted by Gasteiger charge is 2.34. The summed E-state index contributed by atoms with van der Waals surface area (Å²) in [4.78, 5) is 17.3. The molecule has 4 nitrogen and oxygen atoms in total. The van der Waals surface area contributed by atoms with Crippen LogP contribution in [0.1, 0.15) is 15.9 Å². The van der Waals surface area contributed by atoms with Gasteiger partial charge in [-0.25, -0.2) is 9.78 Å². The third kappa shape index (κ3) is 1.95. The Morgan fingerprint density at radius 1 is 1.47 bits per heavy atom. The molecule has 90 valence electrons. The lowest BCUT2D eigenvalue weighted by Crippen LogP contribution is -2.05. The molecule has 0 fully saturated rings. The van der Waals surface area contributed by atoms with E-state index in [9.17, 15) is 18.0 Å². The predicted octanol–water partition coefficient (Wildman–Crippen LogP) is 2.37. The van der Waals surface area contributed by atoms with E-state index < -0.39 is 17.7 Å². The summed E-state index contributed by atoms with van der Waals surface area (Å²) in [6.07, 6.45) is -2.52. The van der Waals surface area contributed by atoms with Crippen LogP contribution in [0.15, 0.2) is 18.5 Å². The van der Waals surface area contributed by atoms with Gasteiger partial charge in [0.2, 0.25) is 0 Å². The number of fused-ring (bicyclic) bond motifs is 1. The van der Waals surface area contributed by atoms with Gasteiger partial charge < -0.3 is 9.72 Å². The fourth-order valence-electron chi connectivity index (χ4n) is 1.47. The van der Waals surface area contributed by atoms with Gasteiger partial charge in [0.05, 0.1) is 18.2 Å². The van der Waals surface area contributed by atoms with Crippen LogP contribution in [0.3, 0.4) is 0 Å². The first-order chi connectivity index (χ1) is 7.93. The minimum absolute atomic E-state index is 0.0231. The van der Waals surface area contributed by atoms with E-state index >= 15 is 0 Å². The standard InChI is InChI=1S/C10H7F3N2O2/c1-17-9(16)5-2-6-7(10(11,12)13)4-15-8(6)14-3-5/h2-4H,1H3,(H,14,15). The molecule has 2 heterocycles. The van der Waals surface area contributed by atoms with Gasteiger partial charge in [-0.1, -0.05) is 0 Å². The molecule has 0 aliphatic heterocycles. The van der Waals surface area contributed by atoms with Gasteiger partial charge in [-0.2, -0.15) is 13.2 Å². The Balaban J connectivity index is 2.62. The SMILES string of the molecule is COC(=O)c1cnc2[nH]cc(C(F)(F)F)c2c1. The maximum Gasteiger partial charge on any atom is 0.418 e. The molecule has 0 aromatic carbocycles. The number of hydrogen-bond donors (Lipinski definition) is 1. The second-order valence-electron chi connectivity index (χ2n) is 3.31. The first-order valence-electron chi connectivity index (χ1n) is 4.56. The molecule has 17 heavy (non-hydrogen) atoms. The molecule has 0 unspecified atom stereocenters. The van der Waals surface area contributed by atoms with Crippen LogP contribution in [-0.2, 0) is 10.9 Å². The van der Waals surface area contributed by atoms with Crippen LogP contribution in [0.4, 0.5) is 13.2 Å². The number of hydrogen-bond acceptors (Lipinski definition) is 3. The van der Waals surface area contributed by atoms with Crippen molar-refractivity contribution in [3.63, 3.8) is 0 Å². The molecule has 2 aromatic heterocycles. The second-order valence-corrected chi connectivity index (χ2v) is 3.31. The number of alkyl halides is 3. The Morgan fingerprint density at radius 2 is 2.18 bits per heavy atom. The highest BCUT2D eigenvalue weighted by atomic mass is 19.4. The van der Waals surface area contributed by atoms with Gasteiger partial charge in [-0.05, 0) is 6.07 Å². The van der Waals surface area contributed by atoms with Gasteiger partial charge >= 0.3 is 12.1 Å². The summed E-state index contributed by atoms with van der Waals surface area (Å²) in [7, 11) is 1.15. The van der Waals surface area contributed by atoms with E-state index in [1.807, 2.05) is 0 Å². The number of pyridine rings is 1. The molecule has 0 amide bonds. The van der Waals surface area contributed by atoms with E-state index in [0.29, 0.717) is 0 Å². The Morgan fingerprint density at radius 3 is 2.76 bits per heavy atom. The normalized spacial score (nSPS) is 11.8. The molecule has 0 bridgehead atoms. The number of esters is 1. The zero-order chi connectivity index (χ0) is 12.6. The summed E-state index contributed by atoms with van der Waals surface area (Å²) in [6, 6.07) is 1.10. The number of nitrogens with zero attached hydrogens (tertiary/aromatic N) is 1. The number of aromatic amines is 1. The Kier molecular flexibility index (Phi) is 2.53. The second kappa shape index (κ2) is 3.76. The van der Waals surface area contributed by atoms with E-state index in [1.54, 1.807) is 0 Å². The van der Waals surface area contributed by atoms with Gasteiger partial charge in [0.15, 0.2) is 0 Å². The van der Waals surface area contributed by atoms with E-state index in [0.717, 1.165) is 25.6 Å². The molecule has 0 aliphatic carbocycles. The van der Waals surface area contributed by atoms with Gasteiger partial charge in [0.25, 0.3) is 0 Å². The predicted molar refractivity (Wildman–Crippen MR) is 52.4 cm³/mol. The molecule has 0 aliphatic rings. The zero-order valence-corrected chi connectivity index (χ0v) is 8.63. The lowest BCUT2D eigenvalue weighted by molar-refractivity contribution is -0.136. The average Bonchev–Trinajstić information content (AvgIpc) is 2.70. The number of nitrogens with one attached hydrogen (secondary N) is 1. The summed E-state index contributed by atoms with van der Waals surface area (Å²) in [6.45, 7) is 0. The highest BCUT2D eigenvalue weighted by Crippen LogP contribution is 2.34. The number of H-pyrrole nitrogens is 1. The van der Waals surface area contributed by atoms with Crippen LogP contribution in [0, 0.1) is 0 Å². The van der Waals surface area contributed by atoms with E-state index in [1.165, 1.54) is 0 Å². The molecule has 0 spiro atoms. The van der Waals surface area contributed by atoms with E-state index in [4.69, 9.17) is 0 Å². The van der Waals surface area contributed by atoms with Crippen molar-refractivity contribution in [2.45, 2.75) is 6.18 Å². The number of ether oxygens (including phenoxy) is 1. The molecule has 7 heteroatoms. The molecule has 1 N–H and O–H groups in total. The van der Waals surface area contributed by atoms with Gasteiger partial charge in [-0.15, -0.1) is 0 Å². The first-order valence-corrected chi connectivity index (χ1v) is 4.56. The molecule has 2 aromatic rings. The molecular formula is C10H7F3N2O2. The monoisotopic (exact) mass is 244 g/mol. The highest BCUT2D eigenvalue weighted by molar-refractivity contribution is 5.94. The molecular weight excluding hydrogens is 237 g/mol. The third-order valence-corrected chi connectivity index (χ3v) is 2.26. The third-order valence-electron chi connectivity index (χ3n) is 2.26. The van der Waals surface area contributed by atoms with Crippen molar-refractivity contribution < 1.29 is 22.7 Å². The molecule has 2 rings (SSSR count). The first kappa shape index (κ1) is 11.4. The summed E-state index contributed by atoms with van der Waals surface area (Å²) in [5.41, 5.74) is -0.805. The van der Waals surface area contributed by atoms with Crippen LogP contribution < -0.4 is 0 Å². The van der Waals surface area contributed by atoms with Crippen molar-refractivity contribution in [3.05, 3.63) is 29.6 Å². The fourth-order valence-corrected chi connectivity index (χ4v) is 1.47. The van der Waals surface area contributed by atoms with Crippen LogP contribution in [0.2, 0.25) is 0 Å². The van der Waals surface area contributed by atoms with Crippen LogP contribution in [0.5, 0.6) is 0 Å². The van der Waals surface area contributed by atoms with Crippen molar-refractivity contribution in [2.24, 2.45) is 0 Å². The number of halogens is 3. The van der Waals surface area contributed by atoms with Crippen molar-refractivity contribution in [3.8, 4) is 0 Å². The summed E-state index contributed by atoms with van der Waals surface area (Å²) < 4.78 is 42.2. The quantitative estimate of drug-likeness (QED) is 0.783. The number of aromatic nitrogens is 2. The lowest BCUT2D eigenvalue weighted by Gasteiger charge is -2.04. The fraction of sp³-hybridized carbons (Fsp3) is 0.200. The Labute approximate surface area is 93.4 Å². The van der Waals surface area contributed by atoms with Crippen molar-refractivity contribution >= 4 is 17.0 Å². The van der Waals surface area contributed by atoms with Crippen LogP contribution in [0.25, 0.3) is 11.0 Å². The average molecular weight is 244 g/mol. The minimum Gasteiger partial charge on any atom is -0.465 e. The Bertz CT molecular complexity index is 574. The molecule has 0 saturated heterocycles. The van der Waals surface area contributed by atoms with Gasteiger partial charge in [0.1, 0.15) is 5.65 Å². The smallest absolute Gasteiger partial charge is 0.418 e. The number of carbonyl (C=O) groups excluding carboxylic acids is 1. The van der Waals surface area contributed by atoms with Crippen LogP contribution >= 0.6 is 0 Å². The van der Waals surface area contributed by atoms with Gasteiger partial charge in [-0.3, -0.25) is 0 Å².